The fraction of sp³-hybridized carbons (Fsp3) is 1.00. The monoisotopic (exact) mass is 208 g/mol. The van der Waals surface area contributed by atoms with Crippen LogP contribution >= 0.6 is 46.4 Å². The molecule has 0 amide bonds. The molecule has 0 radical (unpaired) electrons. The first-order valence-electron chi connectivity index (χ1n) is 2.34. The van der Waals surface area contributed by atoms with Crippen molar-refractivity contribution in [2.45, 2.75) is 21.9 Å². The van der Waals surface area contributed by atoms with Gasteiger partial charge in [0.15, 0.2) is 11.1 Å². The highest BCUT2D eigenvalue weighted by Gasteiger charge is 2.40. The highest BCUT2D eigenvalue weighted by Crippen LogP contribution is 2.33. The summed E-state index contributed by atoms with van der Waals surface area (Å²) in [5, 5.41) is -0.785. The summed E-state index contributed by atoms with van der Waals surface area (Å²) >= 11 is 22.3. The average Bonchev–Trinajstić information content (AvgIpc) is 1.98. The largest absolute Gasteiger partial charge is 0.340 e. The Morgan fingerprint density at radius 2 is 1.11 bits per heavy atom. The van der Waals surface area contributed by atoms with Crippen molar-refractivity contribution in [3.63, 3.8) is 0 Å². The van der Waals surface area contributed by atoms with E-state index in [4.69, 9.17) is 51.1 Å². The molecule has 0 saturated carbocycles. The van der Waals surface area contributed by atoms with Gasteiger partial charge >= 0.3 is 0 Å². The maximum Gasteiger partial charge on any atom is 0.151 e. The van der Waals surface area contributed by atoms with Crippen LogP contribution in [0.15, 0.2) is 0 Å². The number of halogens is 4. The Bertz CT molecular complexity index is 96.7. The van der Waals surface area contributed by atoms with Gasteiger partial charge < -0.3 is 4.74 Å². The maximum absolute atomic E-state index is 5.63. The van der Waals surface area contributed by atoms with Crippen molar-refractivity contribution >= 4 is 46.4 Å². The lowest BCUT2D eigenvalue weighted by Crippen LogP contribution is -2.17. The zero-order valence-electron chi connectivity index (χ0n) is 4.23. The van der Waals surface area contributed by atoms with Crippen molar-refractivity contribution in [1.82, 2.24) is 0 Å². The molecule has 0 aliphatic carbocycles. The summed E-state index contributed by atoms with van der Waals surface area (Å²) in [4.78, 5) is 0. The van der Waals surface area contributed by atoms with E-state index in [1.165, 1.54) is 0 Å². The van der Waals surface area contributed by atoms with E-state index in [-0.39, 0.29) is 0 Å². The first kappa shape index (κ1) is 8.22. The maximum atomic E-state index is 5.63. The van der Waals surface area contributed by atoms with Crippen molar-refractivity contribution in [1.29, 1.82) is 0 Å². The summed E-state index contributed by atoms with van der Waals surface area (Å²) in [6.45, 7) is 0. The van der Waals surface area contributed by atoms with Crippen LogP contribution < -0.4 is 0 Å². The van der Waals surface area contributed by atoms with Gasteiger partial charge in [-0.05, 0) is 0 Å². The third kappa shape index (κ3) is 1.58. The van der Waals surface area contributed by atoms with Crippen LogP contribution in [0, 0.1) is 0 Å². The van der Waals surface area contributed by atoms with Gasteiger partial charge in [-0.15, -0.1) is 23.2 Å². The van der Waals surface area contributed by atoms with Crippen molar-refractivity contribution in [3.8, 4) is 0 Å². The molecule has 1 rings (SSSR count). The second-order valence-corrected chi connectivity index (χ2v) is 3.60. The first-order chi connectivity index (χ1) is 4.13. The Morgan fingerprint density at radius 1 is 0.778 bits per heavy atom. The van der Waals surface area contributed by atoms with Crippen molar-refractivity contribution in [3.05, 3.63) is 0 Å². The summed E-state index contributed by atoms with van der Waals surface area (Å²) in [6.07, 6.45) is 0. The quantitative estimate of drug-likeness (QED) is 0.557. The Labute approximate surface area is 73.2 Å². The second kappa shape index (κ2) is 3.02. The Morgan fingerprint density at radius 3 is 1.22 bits per heavy atom. The summed E-state index contributed by atoms with van der Waals surface area (Å²) in [5.41, 5.74) is -1.12. The average molecular weight is 210 g/mol. The van der Waals surface area contributed by atoms with Gasteiger partial charge in [-0.2, -0.15) is 0 Å². The lowest BCUT2D eigenvalue weighted by Gasteiger charge is -2.03. The molecule has 0 bridgehead atoms. The zero-order valence-corrected chi connectivity index (χ0v) is 7.25. The highest BCUT2D eigenvalue weighted by molar-refractivity contribution is 6.38. The lowest BCUT2D eigenvalue weighted by atomic mass is 10.4. The van der Waals surface area contributed by atoms with Gasteiger partial charge in [-0.25, -0.2) is 0 Å². The summed E-state index contributed by atoms with van der Waals surface area (Å²) in [6, 6.07) is 0. The Balaban J connectivity index is 2.54. The van der Waals surface area contributed by atoms with Gasteiger partial charge in [0.05, 0.1) is 10.8 Å². The predicted octanol–water partition coefficient (Wildman–Crippen LogP) is 2.36. The van der Waals surface area contributed by atoms with Gasteiger partial charge in [-0.1, -0.05) is 23.2 Å². The summed E-state index contributed by atoms with van der Waals surface area (Å²) in [7, 11) is 0. The molecular weight excluding hydrogens is 206 g/mol. The van der Waals surface area contributed by atoms with E-state index < -0.39 is 21.9 Å². The molecule has 1 nitrogen and oxygen atoms in total. The molecule has 1 heterocycles. The fourth-order valence-corrected chi connectivity index (χ4v) is 1.68. The molecule has 1 fully saturated rings. The molecule has 0 aromatic rings. The van der Waals surface area contributed by atoms with Crippen molar-refractivity contribution < 1.29 is 4.74 Å². The van der Waals surface area contributed by atoms with Gasteiger partial charge in [0.25, 0.3) is 0 Å². The number of rotatable bonds is 0. The second-order valence-electron chi connectivity index (χ2n) is 1.73. The van der Waals surface area contributed by atoms with Crippen molar-refractivity contribution in [2.75, 3.05) is 0 Å². The van der Waals surface area contributed by atoms with E-state index in [0.29, 0.717) is 0 Å². The lowest BCUT2D eigenvalue weighted by molar-refractivity contribution is 0.143. The summed E-state index contributed by atoms with van der Waals surface area (Å²) in [5.74, 6) is 0. The van der Waals surface area contributed by atoms with Crippen LogP contribution in [0.5, 0.6) is 0 Å². The topological polar surface area (TPSA) is 9.23 Å². The molecular formula is C4H4Cl4O. The first-order valence-corrected chi connectivity index (χ1v) is 4.09. The molecule has 1 saturated heterocycles. The van der Waals surface area contributed by atoms with Gasteiger partial charge in [-0.3, -0.25) is 0 Å². The molecule has 4 atom stereocenters. The fourth-order valence-electron chi connectivity index (χ4n) is 0.563. The minimum absolute atomic E-state index is 0.393. The van der Waals surface area contributed by atoms with E-state index in [2.05, 4.69) is 0 Å². The molecule has 1 aliphatic rings. The van der Waals surface area contributed by atoms with Gasteiger partial charge in [0, 0.05) is 0 Å². The molecule has 9 heavy (non-hydrogen) atoms. The third-order valence-electron chi connectivity index (χ3n) is 1.06. The smallest absolute Gasteiger partial charge is 0.151 e. The van der Waals surface area contributed by atoms with E-state index in [0.717, 1.165) is 0 Å². The molecule has 1 aliphatic heterocycles. The molecule has 0 aromatic carbocycles. The number of ether oxygens (including phenoxy) is 1. The molecule has 0 aromatic heterocycles. The SMILES string of the molecule is Cl[C@@H]1[C@@H](Cl)[C@@H](Cl)O[C@H]1Cl. The van der Waals surface area contributed by atoms with E-state index in [1.54, 1.807) is 0 Å². The van der Waals surface area contributed by atoms with Crippen LogP contribution in [0.4, 0.5) is 0 Å². The highest BCUT2D eigenvalue weighted by atomic mass is 35.5. The van der Waals surface area contributed by atoms with E-state index >= 15 is 0 Å². The van der Waals surface area contributed by atoms with E-state index in [9.17, 15) is 0 Å². The van der Waals surface area contributed by atoms with Crippen LogP contribution in [-0.2, 0) is 4.74 Å². The van der Waals surface area contributed by atoms with Gasteiger partial charge in [0.2, 0.25) is 0 Å². The van der Waals surface area contributed by atoms with Crippen LogP contribution in [0.3, 0.4) is 0 Å². The van der Waals surface area contributed by atoms with Crippen molar-refractivity contribution in [2.24, 2.45) is 0 Å². The number of alkyl halides is 4. The summed E-state index contributed by atoms with van der Waals surface area (Å²) < 4.78 is 4.85. The zero-order chi connectivity index (χ0) is 7.02. The molecule has 54 valence electrons. The van der Waals surface area contributed by atoms with E-state index in [1.807, 2.05) is 0 Å². The molecule has 0 N–H and O–H groups in total. The Kier molecular flexibility index (Phi) is 2.75. The predicted molar refractivity (Wildman–Crippen MR) is 39.6 cm³/mol. The molecule has 0 spiro atoms. The normalized spacial score (nSPS) is 52.0. The third-order valence-corrected chi connectivity index (χ3v) is 3.20. The van der Waals surface area contributed by atoms with Crippen LogP contribution in [0.1, 0.15) is 0 Å². The molecule has 0 unspecified atom stereocenters. The minimum Gasteiger partial charge on any atom is -0.340 e. The van der Waals surface area contributed by atoms with Crippen LogP contribution in [0.25, 0.3) is 0 Å². The molecule has 5 heteroatoms. The minimum atomic E-state index is -0.559. The number of hydrogen-bond acceptors (Lipinski definition) is 1. The Hall–Kier alpha value is 1.12. The number of hydrogen-bond donors (Lipinski definition) is 0. The van der Waals surface area contributed by atoms with Crippen LogP contribution in [0.2, 0.25) is 0 Å². The van der Waals surface area contributed by atoms with Crippen LogP contribution in [-0.4, -0.2) is 21.9 Å². The standard InChI is InChI=1S/C4H4Cl4O/c5-1-2(6)4(8)9-3(1)7/h1-4H/t1-,2-,3-,4+/m1/s1. The van der Waals surface area contributed by atoms with Gasteiger partial charge in [0.1, 0.15) is 0 Å².